The average Bonchev–Trinajstić information content (AvgIpc) is 3.09. The Bertz CT molecular complexity index is 1730. The van der Waals surface area contributed by atoms with Crippen molar-refractivity contribution in [1.29, 1.82) is 0 Å². The zero-order valence-electron chi connectivity index (χ0n) is 27.6. The van der Waals surface area contributed by atoms with E-state index in [-0.39, 0.29) is 35.5 Å². The van der Waals surface area contributed by atoms with Crippen molar-refractivity contribution in [3.8, 4) is 11.5 Å². The molecule has 0 unspecified atom stereocenters. The Labute approximate surface area is 278 Å². The lowest BCUT2D eigenvalue weighted by Gasteiger charge is -2.34. The van der Waals surface area contributed by atoms with Gasteiger partial charge in [-0.25, -0.2) is 8.42 Å². The molecule has 4 rings (SSSR count). The van der Waals surface area contributed by atoms with Crippen molar-refractivity contribution in [1.82, 2.24) is 10.2 Å². The van der Waals surface area contributed by atoms with Gasteiger partial charge in [-0.05, 0) is 55.7 Å². The van der Waals surface area contributed by atoms with Gasteiger partial charge in [-0.1, -0.05) is 85.3 Å². The molecule has 0 aromatic heterocycles. The van der Waals surface area contributed by atoms with Gasteiger partial charge in [0.15, 0.2) is 11.5 Å². The maximum atomic E-state index is 14.6. The van der Waals surface area contributed by atoms with Crippen molar-refractivity contribution in [2.24, 2.45) is 0 Å². The normalized spacial score (nSPS) is 12.4. The van der Waals surface area contributed by atoms with E-state index in [0.29, 0.717) is 17.9 Å². The zero-order valence-corrected chi connectivity index (χ0v) is 28.4. The number of sulfonamides is 1. The Balaban J connectivity index is 1.83. The predicted octanol–water partition coefficient (Wildman–Crippen LogP) is 5.76. The van der Waals surface area contributed by atoms with Crippen LogP contribution in [0.5, 0.6) is 11.5 Å². The summed E-state index contributed by atoms with van der Waals surface area (Å²) < 4.78 is 40.5. The molecule has 47 heavy (non-hydrogen) atoms. The van der Waals surface area contributed by atoms with Gasteiger partial charge < -0.3 is 19.7 Å². The highest BCUT2D eigenvalue weighted by Gasteiger charge is 2.35. The van der Waals surface area contributed by atoms with Crippen LogP contribution < -0.4 is 19.1 Å². The van der Waals surface area contributed by atoms with Crippen LogP contribution in [0.15, 0.2) is 108 Å². The largest absolute Gasteiger partial charge is 0.493 e. The van der Waals surface area contributed by atoms with Crippen molar-refractivity contribution >= 4 is 27.5 Å². The minimum Gasteiger partial charge on any atom is -0.493 e. The molecule has 0 saturated carbocycles. The molecule has 0 fully saturated rings. The lowest BCUT2D eigenvalue weighted by Crippen LogP contribution is -2.54. The molecule has 2 amide bonds. The highest BCUT2D eigenvalue weighted by molar-refractivity contribution is 7.92. The summed E-state index contributed by atoms with van der Waals surface area (Å²) in [6.07, 6.45) is 0.945. The quantitative estimate of drug-likeness (QED) is 0.174. The Morgan fingerprint density at radius 2 is 1.40 bits per heavy atom. The molecule has 2 atom stereocenters. The summed E-state index contributed by atoms with van der Waals surface area (Å²) in [5.41, 5.74) is 2.77. The van der Waals surface area contributed by atoms with E-state index < -0.39 is 28.5 Å². The van der Waals surface area contributed by atoms with E-state index in [1.165, 1.54) is 37.3 Å². The lowest BCUT2D eigenvalue weighted by atomic mass is 10.0. The third-order valence-electron chi connectivity index (χ3n) is 8.01. The van der Waals surface area contributed by atoms with Crippen LogP contribution in [0, 0.1) is 6.92 Å². The molecule has 248 valence electrons. The minimum absolute atomic E-state index is 0.0237. The summed E-state index contributed by atoms with van der Waals surface area (Å²) in [7, 11) is -1.31. The van der Waals surface area contributed by atoms with Gasteiger partial charge in [-0.15, -0.1) is 0 Å². The summed E-state index contributed by atoms with van der Waals surface area (Å²) in [6.45, 7) is 5.27. The molecule has 9 nitrogen and oxygen atoms in total. The first-order valence-corrected chi connectivity index (χ1v) is 17.0. The summed E-state index contributed by atoms with van der Waals surface area (Å²) in [5, 5.41) is 3.05. The number of ether oxygens (including phenoxy) is 2. The van der Waals surface area contributed by atoms with Crippen LogP contribution in [0.2, 0.25) is 0 Å². The molecule has 0 aliphatic carbocycles. The maximum Gasteiger partial charge on any atom is 0.264 e. The lowest BCUT2D eigenvalue weighted by molar-refractivity contribution is -0.140. The Kier molecular flexibility index (Phi) is 12.0. The molecule has 0 aliphatic heterocycles. The number of nitrogens with one attached hydrogen (secondary N) is 1. The van der Waals surface area contributed by atoms with E-state index in [1.807, 2.05) is 81.4 Å². The van der Waals surface area contributed by atoms with Gasteiger partial charge in [0.1, 0.15) is 12.6 Å². The van der Waals surface area contributed by atoms with Gasteiger partial charge in [0.25, 0.3) is 10.0 Å². The second kappa shape index (κ2) is 16.1. The van der Waals surface area contributed by atoms with Crippen LogP contribution in [-0.4, -0.2) is 58.0 Å². The number of carbonyl (C=O) groups is 2. The number of nitrogens with zero attached hydrogens (tertiary/aromatic N) is 2. The van der Waals surface area contributed by atoms with Gasteiger partial charge in [0, 0.05) is 25.1 Å². The summed E-state index contributed by atoms with van der Waals surface area (Å²) >= 11 is 0. The van der Waals surface area contributed by atoms with Crippen LogP contribution >= 0.6 is 0 Å². The number of benzene rings is 4. The zero-order chi connectivity index (χ0) is 34.0. The summed E-state index contributed by atoms with van der Waals surface area (Å²) in [5.74, 6) is -0.144. The van der Waals surface area contributed by atoms with Gasteiger partial charge >= 0.3 is 0 Å². The van der Waals surface area contributed by atoms with Crippen LogP contribution in [0.25, 0.3) is 0 Å². The molecule has 0 bridgehead atoms. The van der Waals surface area contributed by atoms with Crippen LogP contribution in [0.1, 0.15) is 37.0 Å². The van der Waals surface area contributed by atoms with Gasteiger partial charge in [0.2, 0.25) is 11.8 Å². The summed E-state index contributed by atoms with van der Waals surface area (Å²) in [4.78, 5) is 30.1. The fourth-order valence-corrected chi connectivity index (χ4v) is 6.53. The van der Waals surface area contributed by atoms with Crippen LogP contribution in [0.3, 0.4) is 0 Å². The first kappa shape index (κ1) is 35.0. The number of anilines is 1. The second-order valence-corrected chi connectivity index (χ2v) is 13.3. The number of hydrogen-bond donors (Lipinski definition) is 1. The van der Waals surface area contributed by atoms with Crippen molar-refractivity contribution in [2.75, 3.05) is 25.1 Å². The standard InChI is InChI=1S/C37H43N3O6S/c1-6-28(3)38-37(42)33(23-29-13-9-7-10-14-29)39(25-30-15-11-8-12-16-30)36(41)26-40(31-19-22-34(45-4)35(24-31)46-5)47(43,44)32-20-17-27(2)18-21-32/h7-22,24,28,33H,6,23,25-26H2,1-5H3,(H,38,42)/t28-,33-/m1/s1. The third-order valence-corrected chi connectivity index (χ3v) is 9.80. The Morgan fingerprint density at radius 1 is 0.809 bits per heavy atom. The number of hydrogen-bond acceptors (Lipinski definition) is 6. The molecule has 4 aromatic rings. The Hall–Kier alpha value is -4.83. The molecule has 0 spiro atoms. The minimum atomic E-state index is -4.26. The molecule has 0 saturated heterocycles. The SMILES string of the molecule is CC[C@@H](C)NC(=O)[C@@H](Cc1ccccc1)N(Cc1ccccc1)C(=O)CN(c1ccc(OC)c(OC)c1)S(=O)(=O)c1ccc(C)cc1. The molecule has 1 N–H and O–H groups in total. The molecule has 0 aliphatic rings. The molecular formula is C37H43N3O6S. The third kappa shape index (κ3) is 8.92. The van der Waals surface area contributed by atoms with Crippen LogP contribution in [-0.2, 0) is 32.6 Å². The highest BCUT2D eigenvalue weighted by atomic mass is 32.2. The molecule has 0 radical (unpaired) electrons. The Morgan fingerprint density at radius 3 is 1.98 bits per heavy atom. The second-order valence-electron chi connectivity index (χ2n) is 11.4. The van der Waals surface area contributed by atoms with E-state index in [2.05, 4.69) is 5.32 Å². The molecular weight excluding hydrogens is 614 g/mol. The van der Waals surface area contributed by atoms with Gasteiger partial charge in [-0.2, -0.15) is 0 Å². The smallest absolute Gasteiger partial charge is 0.264 e. The van der Waals surface area contributed by atoms with Gasteiger partial charge in [-0.3, -0.25) is 13.9 Å². The fraction of sp³-hybridized carbons (Fsp3) is 0.297. The van der Waals surface area contributed by atoms with E-state index in [1.54, 1.807) is 24.3 Å². The van der Waals surface area contributed by atoms with E-state index in [0.717, 1.165) is 21.0 Å². The first-order valence-electron chi connectivity index (χ1n) is 15.6. The highest BCUT2D eigenvalue weighted by Crippen LogP contribution is 2.34. The maximum absolute atomic E-state index is 14.6. The number of rotatable bonds is 15. The first-order chi connectivity index (χ1) is 22.6. The van der Waals surface area contributed by atoms with Crippen molar-refractivity contribution in [3.05, 3.63) is 120 Å². The fourth-order valence-electron chi connectivity index (χ4n) is 5.12. The van der Waals surface area contributed by atoms with Crippen molar-refractivity contribution < 1.29 is 27.5 Å². The van der Waals surface area contributed by atoms with Crippen molar-refractivity contribution in [2.45, 2.75) is 57.1 Å². The predicted molar refractivity (Wildman–Crippen MR) is 184 cm³/mol. The monoisotopic (exact) mass is 657 g/mol. The number of carbonyl (C=O) groups excluding carboxylic acids is 2. The molecule has 4 aromatic carbocycles. The topological polar surface area (TPSA) is 105 Å². The van der Waals surface area contributed by atoms with Crippen LogP contribution in [0.4, 0.5) is 5.69 Å². The summed E-state index contributed by atoms with van der Waals surface area (Å²) in [6, 6.07) is 28.9. The van der Waals surface area contributed by atoms with E-state index >= 15 is 0 Å². The average molecular weight is 658 g/mol. The number of methoxy groups -OCH3 is 2. The van der Waals surface area contributed by atoms with Crippen molar-refractivity contribution in [3.63, 3.8) is 0 Å². The van der Waals surface area contributed by atoms with E-state index in [9.17, 15) is 18.0 Å². The number of aryl methyl sites for hydroxylation is 1. The number of amides is 2. The molecule has 0 heterocycles. The molecule has 10 heteroatoms. The van der Waals surface area contributed by atoms with E-state index in [4.69, 9.17) is 9.47 Å². The van der Waals surface area contributed by atoms with Gasteiger partial charge in [0.05, 0.1) is 24.8 Å².